The van der Waals surface area contributed by atoms with Crippen LogP contribution in [0.5, 0.6) is 0 Å². The number of carboxylic acids is 1. The van der Waals surface area contributed by atoms with Crippen molar-refractivity contribution in [2.24, 2.45) is 11.8 Å². The summed E-state index contributed by atoms with van der Waals surface area (Å²) < 4.78 is 0. The summed E-state index contributed by atoms with van der Waals surface area (Å²) in [6, 6.07) is 0. The largest absolute Gasteiger partial charge is 0.481 e. The molecule has 0 aromatic carbocycles. The molecule has 2 unspecified atom stereocenters. The summed E-state index contributed by atoms with van der Waals surface area (Å²) in [6.45, 7) is 2.28. The summed E-state index contributed by atoms with van der Waals surface area (Å²) in [7, 11) is 0. The zero-order valence-electron chi connectivity index (χ0n) is 11.3. The first-order valence-corrected chi connectivity index (χ1v) is 7.45. The normalized spacial score (nSPS) is 22.6. The minimum absolute atomic E-state index is 0.348. The van der Waals surface area contributed by atoms with E-state index < -0.39 is 5.97 Å². The van der Waals surface area contributed by atoms with Gasteiger partial charge in [-0.15, -0.1) is 0 Å². The Morgan fingerprint density at radius 3 is 2.24 bits per heavy atom. The molecule has 0 aromatic heterocycles. The van der Waals surface area contributed by atoms with Gasteiger partial charge in [-0.25, -0.2) is 0 Å². The number of unbranched alkanes of at least 4 members (excludes halogenated alkanes) is 5. The van der Waals surface area contributed by atoms with Crippen LogP contribution < -0.4 is 0 Å². The number of aliphatic carboxylic acids is 1. The van der Waals surface area contributed by atoms with E-state index in [4.69, 9.17) is 5.11 Å². The molecular weight excluding hydrogens is 212 g/mol. The fourth-order valence-electron chi connectivity index (χ4n) is 2.78. The van der Waals surface area contributed by atoms with Gasteiger partial charge in [0.2, 0.25) is 0 Å². The number of carboxylic acid groups (broad SMARTS) is 1. The van der Waals surface area contributed by atoms with Gasteiger partial charge in [0.15, 0.2) is 0 Å². The molecule has 0 aromatic rings. The predicted molar refractivity (Wildman–Crippen MR) is 71.1 cm³/mol. The molecule has 1 rings (SSSR count). The van der Waals surface area contributed by atoms with Crippen molar-refractivity contribution in [3.8, 4) is 0 Å². The SMILES string of the molecule is CCCC1CC1CCCCCCCCC(=O)O. The Kier molecular flexibility index (Phi) is 7.30. The van der Waals surface area contributed by atoms with Crippen LogP contribution in [0.3, 0.4) is 0 Å². The van der Waals surface area contributed by atoms with Crippen molar-refractivity contribution in [1.29, 1.82) is 0 Å². The van der Waals surface area contributed by atoms with Gasteiger partial charge in [0, 0.05) is 6.42 Å². The Morgan fingerprint density at radius 2 is 1.59 bits per heavy atom. The average molecular weight is 240 g/mol. The van der Waals surface area contributed by atoms with Crippen LogP contribution in [-0.4, -0.2) is 11.1 Å². The number of carbonyl (C=O) groups is 1. The van der Waals surface area contributed by atoms with Gasteiger partial charge in [-0.3, -0.25) is 4.79 Å². The third-order valence-electron chi connectivity index (χ3n) is 3.94. The quantitative estimate of drug-likeness (QED) is 0.535. The fraction of sp³-hybridized carbons (Fsp3) is 0.933. The van der Waals surface area contributed by atoms with E-state index in [-0.39, 0.29) is 0 Å². The van der Waals surface area contributed by atoms with Crippen LogP contribution in [0.4, 0.5) is 0 Å². The molecule has 0 bridgehead atoms. The minimum Gasteiger partial charge on any atom is -0.481 e. The van der Waals surface area contributed by atoms with E-state index in [0.717, 1.165) is 24.7 Å². The Bertz CT molecular complexity index is 213. The minimum atomic E-state index is -0.652. The molecule has 0 radical (unpaired) electrons. The van der Waals surface area contributed by atoms with Crippen LogP contribution in [-0.2, 0) is 4.79 Å². The standard InChI is InChI=1S/C15H28O2/c1-2-9-13-12-14(13)10-7-5-3-4-6-8-11-15(16)17/h13-14H,2-12H2,1H3,(H,16,17). The summed E-state index contributed by atoms with van der Waals surface area (Å²) >= 11 is 0. The van der Waals surface area contributed by atoms with Gasteiger partial charge < -0.3 is 5.11 Å². The van der Waals surface area contributed by atoms with Gasteiger partial charge in [0.05, 0.1) is 0 Å². The van der Waals surface area contributed by atoms with E-state index in [9.17, 15) is 4.79 Å². The Balaban J connectivity index is 1.75. The Morgan fingerprint density at radius 1 is 1.00 bits per heavy atom. The molecule has 17 heavy (non-hydrogen) atoms. The number of hydrogen-bond acceptors (Lipinski definition) is 1. The van der Waals surface area contributed by atoms with Gasteiger partial charge in [-0.1, -0.05) is 58.3 Å². The highest BCUT2D eigenvalue weighted by Gasteiger charge is 2.34. The third-order valence-corrected chi connectivity index (χ3v) is 3.94. The van der Waals surface area contributed by atoms with E-state index >= 15 is 0 Å². The summed E-state index contributed by atoms with van der Waals surface area (Å²) in [6.07, 6.45) is 13.3. The van der Waals surface area contributed by atoms with Crippen molar-refractivity contribution in [2.45, 2.75) is 77.6 Å². The predicted octanol–water partition coefficient (Wildman–Crippen LogP) is 4.63. The van der Waals surface area contributed by atoms with Gasteiger partial charge >= 0.3 is 5.97 Å². The van der Waals surface area contributed by atoms with Crippen molar-refractivity contribution in [3.05, 3.63) is 0 Å². The molecule has 2 heteroatoms. The molecule has 1 aliphatic carbocycles. The Labute approximate surface area is 106 Å². The van der Waals surface area contributed by atoms with Crippen molar-refractivity contribution >= 4 is 5.97 Å². The molecule has 100 valence electrons. The molecule has 1 aliphatic rings. The lowest BCUT2D eigenvalue weighted by atomic mass is 10.1. The first kappa shape index (κ1) is 14.5. The Hall–Kier alpha value is -0.530. The summed E-state index contributed by atoms with van der Waals surface area (Å²) in [5.74, 6) is 1.47. The topological polar surface area (TPSA) is 37.3 Å². The average Bonchev–Trinajstić information content (AvgIpc) is 3.01. The first-order valence-electron chi connectivity index (χ1n) is 7.45. The lowest BCUT2D eigenvalue weighted by Crippen LogP contribution is -1.93. The van der Waals surface area contributed by atoms with Crippen molar-refractivity contribution in [1.82, 2.24) is 0 Å². The highest BCUT2D eigenvalue weighted by atomic mass is 16.4. The molecule has 1 saturated carbocycles. The van der Waals surface area contributed by atoms with Crippen LogP contribution in [0.1, 0.15) is 77.6 Å². The van der Waals surface area contributed by atoms with E-state index in [0.29, 0.717) is 6.42 Å². The van der Waals surface area contributed by atoms with Gasteiger partial charge in [-0.2, -0.15) is 0 Å². The van der Waals surface area contributed by atoms with E-state index in [1.807, 2.05) is 0 Å². The van der Waals surface area contributed by atoms with Crippen LogP contribution in [0.25, 0.3) is 0 Å². The van der Waals surface area contributed by atoms with Crippen LogP contribution in [0, 0.1) is 11.8 Å². The summed E-state index contributed by atoms with van der Waals surface area (Å²) in [5, 5.41) is 8.49. The fourth-order valence-corrected chi connectivity index (χ4v) is 2.78. The second-order valence-electron chi connectivity index (χ2n) is 5.60. The third kappa shape index (κ3) is 7.40. The smallest absolute Gasteiger partial charge is 0.303 e. The maximum absolute atomic E-state index is 10.3. The van der Waals surface area contributed by atoms with Crippen molar-refractivity contribution in [2.75, 3.05) is 0 Å². The molecule has 0 aliphatic heterocycles. The molecular formula is C15H28O2. The van der Waals surface area contributed by atoms with Gasteiger partial charge in [-0.05, 0) is 24.7 Å². The molecule has 0 amide bonds. The van der Waals surface area contributed by atoms with Crippen LogP contribution >= 0.6 is 0 Å². The molecule has 2 atom stereocenters. The number of rotatable bonds is 11. The van der Waals surface area contributed by atoms with Gasteiger partial charge in [0.25, 0.3) is 0 Å². The summed E-state index contributed by atoms with van der Waals surface area (Å²) in [5.41, 5.74) is 0. The van der Waals surface area contributed by atoms with Crippen LogP contribution in [0.15, 0.2) is 0 Å². The maximum Gasteiger partial charge on any atom is 0.303 e. The van der Waals surface area contributed by atoms with E-state index in [1.54, 1.807) is 0 Å². The van der Waals surface area contributed by atoms with Crippen molar-refractivity contribution in [3.63, 3.8) is 0 Å². The molecule has 1 fully saturated rings. The first-order chi connectivity index (χ1) is 8.24. The maximum atomic E-state index is 10.3. The second-order valence-corrected chi connectivity index (χ2v) is 5.60. The van der Waals surface area contributed by atoms with Gasteiger partial charge in [0.1, 0.15) is 0 Å². The van der Waals surface area contributed by atoms with E-state index in [2.05, 4.69) is 6.92 Å². The van der Waals surface area contributed by atoms with E-state index in [1.165, 1.54) is 51.4 Å². The molecule has 0 heterocycles. The van der Waals surface area contributed by atoms with Crippen LogP contribution in [0.2, 0.25) is 0 Å². The lowest BCUT2D eigenvalue weighted by molar-refractivity contribution is -0.137. The number of hydrogen-bond donors (Lipinski definition) is 1. The highest BCUT2D eigenvalue weighted by molar-refractivity contribution is 5.66. The second kappa shape index (κ2) is 8.54. The molecule has 2 nitrogen and oxygen atoms in total. The monoisotopic (exact) mass is 240 g/mol. The zero-order valence-corrected chi connectivity index (χ0v) is 11.3. The molecule has 0 spiro atoms. The molecule has 0 saturated heterocycles. The highest BCUT2D eigenvalue weighted by Crippen LogP contribution is 2.45. The summed E-state index contributed by atoms with van der Waals surface area (Å²) in [4.78, 5) is 10.3. The zero-order chi connectivity index (χ0) is 12.5. The molecule has 1 N–H and O–H groups in total. The van der Waals surface area contributed by atoms with Crippen molar-refractivity contribution < 1.29 is 9.90 Å². The lowest BCUT2D eigenvalue weighted by Gasteiger charge is -2.01.